The minimum Gasteiger partial charge on any atom is -0.454 e. The molecular formula is C13H10N6O. The van der Waals surface area contributed by atoms with Crippen LogP contribution in [-0.2, 0) is 6.42 Å². The number of benzene rings is 1. The maximum absolute atomic E-state index is 5.77. The number of tetrazole rings is 1. The molecule has 0 amide bonds. The van der Waals surface area contributed by atoms with Gasteiger partial charge in [-0.3, -0.25) is 5.10 Å². The number of H-pyrrole nitrogens is 2. The third-order valence-corrected chi connectivity index (χ3v) is 3.05. The van der Waals surface area contributed by atoms with Crippen LogP contribution in [0.15, 0.2) is 40.8 Å². The Morgan fingerprint density at radius 2 is 2.05 bits per heavy atom. The zero-order valence-corrected chi connectivity index (χ0v) is 10.4. The lowest BCUT2D eigenvalue weighted by Gasteiger charge is -1.87. The Hall–Kier alpha value is -2.96. The normalized spacial score (nSPS) is 11.2. The van der Waals surface area contributed by atoms with Crippen LogP contribution in [0, 0.1) is 0 Å². The fourth-order valence-electron chi connectivity index (χ4n) is 2.11. The lowest BCUT2D eigenvalue weighted by molar-refractivity contribution is 0.628. The molecule has 0 aliphatic carbocycles. The summed E-state index contributed by atoms with van der Waals surface area (Å²) in [6, 6.07) is 11.8. The SMILES string of the molecule is c1ccc2oc(-c3cc(Cc4nn[nH]n4)[nH]n3)cc2c1. The number of hydrogen-bond donors (Lipinski definition) is 2. The number of nitrogens with one attached hydrogen (secondary N) is 2. The zero-order chi connectivity index (χ0) is 13.4. The number of aromatic amines is 2. The molecule has 7 nitrogen and oxygen atoms in total. The monoisotopic (exact) mass is 266 g/mol. The maximum atomic E-state index is 5.77. The van der Waals surface area contributed by atoms with E-state index in [-0.39, 0.29) is 0 Å². The van der Waals surface area contributed by atoms with Gasteiger partial charge >= 0.3 is 0 Å². The second kappa shape index (κ2) is 4.30. The summed E-state index contributed by atoms with van der Waals surface area (Å²) in [6.45, 7) is 0. The van der Waals surface area contributed by atoms with E-state index in [4.69, 9.17) is 4.42 Å². The van der Waals surface area contributed by atoms with Crippen molar-refractivity contribution in [3.05, 3.63) is 47.9 Å². The molecule has 4 aromatic rings. The topological polar surface area (TPSA) is 96.3 Å². The fourth-order valence-corrected chi connectivity index (χ4v) is 2.11. The molecule has 0 saturated heterocycles. The Bertz CT molecular complexity index is 812. The van der Waals surface area contributed by atoms with Crippen molar-refractivity contribution >= 4 is 11.0 Å². The molecule has 1 aromatic carbocycles. The van der Waals surface area contributed by atoms with Gasteiger partial charge in [0.05, 0.1) is 6.42 Å². The van der Waals surface area contributed by atoms with Crippen LogP contribution in [0.3, 0.4) is 0 Å². The third-order valence-electron chi connectivity index (χ3n) is 3.05. The van der Waals surface area contributed by atoms with Crippen LogP contribution in [0.4, 0.5) is 0 Å². The number of aromatic nitrogens is 6. The molecule has 7 heteroatoms. The highest BCUT2D eigenvalue weighted by Gasteiger charge is 2.11. The van der Waals surface area contributed by atoms with E-state index >= 15 is 0 Å². The van der Waals surface area contributed by atoms with Gasteiger partial charge < -0.3 is 4.42 Å². The summed E-state index contributed by atoms with van der Waals surface area (Å²) in [5, 5.41) is 22.0. The molecule has 98 valence electrons. The van der Waals surface area contributed by atoms with E-state index in [9.17, 15) is 0 Å². The van der Waals surface area contributed by atoms with Gasteiger partial charge in [-0.2, -0.15) is 10.3 Å². The van der Waals surface area contributed by atoms with Crippen LogP contribution in [0.2, 0.25) is 0 Å². The summed E-state index contributed by atoms with van der Waals surface area (Å²) in [7, 11) is 0. The molecule has 0 aliphatic rings. The molecule has 0 radical (unpaired) electrons. The van der Waals surface area contributed by atoms with E-state index in [1.807, 2.05) is 36.4 Å². The van der Waals surface area contributed by atoms with E-state index in [2.05, 4.69) is 30.8 Å². The molecule has 0 spiro atoms. The predicted molar refractivity (Wildman–Crippen MR) is 70.8 cm³/mol. The van der Waals surface area contributed by atoms with Gasteiger partial charge in [-0.05, 0) is 18.2 Å². The summed E-state index contributed by atoms with van der Waals surface area (Å²) in [5.74, 6) is 1.35. The molecule has 0 bridgehead atoms. The highest BCUT2D eigenvalue weighted by molar-refractivity contribution is 5.82. The predicted octanol–water partition coefficient (Wildman–Crippen LogP) is 1.93. The van der Waals surface area contributed by atoms with E-state index in [0.717, 1.165) is 28.1 Å². The van der Waals surface area contributed by atoms with Gasteiger partial charge in [0.15, 0.2) is 11.6 Å². The fraction of sp³-hybridized carbons (Fsp3) is 0.0769. The molecule has 0 unspecified atom stereocenters. The van der Waals surface area contributed by atoms with E-state index in [1.54, 1.807) is 0 Å². The van der Waals surface area contributed by atoms with Crippen molar-refractivity contribution in [2.24, 2.45) is 0 Å². The molecule has 0 aliphatic heterocycles. The first-order valence-electron chi connectivity index (χ1n) is 6.14. The Morgan fingerprint density at radius 3 is 2.90 bits per heavy atom. The molecule has 0 atom stereocenters. The Morgan fingerprint density at radius 1 is 1.10 bits per heavy atom. The van der Waals surface area contributed by atoms with Gasteiger partial charge in [-0.25, -0.2) is 0 Å². The number of para-hydroxylation sites is 1. The molecule has 0 saturated carbocycles. The summed E-state index contributed by atoms with van der Waals surface area (Å²) in [5.41, 5.74) is 2.52. The average molecular weight is 266 g/mol. The lowest BCUT2D eigenvalue weighted by atomic mass is 10.2. The van der Waals surface area contributed by atoms with Crippen LogP contribution in [0.5, 0.6) is 0 Å². The van der Waals surface area contributed by atoms with Crippen LogP contribution in [0.25, 0.3) is 22.4 Å². The second-order valence-electron chi connectivity index (χ2n) is 4.43. The number of furan rings is 1. The minimum atomic E-state index is 0.545. The van der Waals surface area contributed by atoms with Gasteiger partial charge in [0.1, 0.15) is 11.3 Å². The van der Waals surface area contributed by atoms with Crippen molar-refractivity contribution in [2.45, 2.75) is 6.42 Å². The number of rotatable bonds is 3. The van der Waals surface area contributed by atoms with Crippen molar-refractivity contribution in [1.29, 1.82) is 0 Å². The molecular weight excluding hydrogens is 256 g/mol. The highest BCUT2D eigenvalue weighted by atomic mass is 16.3. The maximum Gasteiger partial charge on any atom is 0.180 e. The van der Waals surface area contributed by atoms with Crippen molar-refractivity contribution in [2.75, 3.05) is 0 Å². The highest BCUT2D eigenvalue weighted by Crippen LogP contribution is 2.26. The standard InChI is InChI=1S/C13H10N6O/c1-2-4-11-8(3-1)5-12(20-11)10-6-9(14-15-10)7-13-16-18-19-17-13/h1-6H,7H2,(H,14,15)(H,16,17,18,19). The summed E-state index contributed by atoms with van der Waals surface area (Å²) in [6.07, 6.45) is 0.545. The number of fused-ring (bicyclic) bond motifs is 1. The van der Waals surface area contributed by atoms with Gasteiger partial charge in [-0.1, -0.05) is 23.4 Å². The first kappa shape index (κ1) is 10.9. The smallest absolute Gasteiger partial charge is 0.180 e. The van der Waals surface area contributed by atoms with Crippen LogP contribution in [0.1, 0.15) is 11.5 Å². The van der Waals surface area contributed by atoms with Gasteiger partial charge in [0.2, 0.25) is 0 Å². The van der Waals surface area contributed by atoms with Gasteiger partial charge in [-0.15, -0.1) is 10.2 Å². The zero-order valence-electron chi connectivity index (χ0n) is 10.4. The molecule has 3 heterocycles. The van der Waals surface area contributed by atoms with Crippen LogP contribution < -0.4 is 0 Å². The summed E-state index contributed by atoms with van der Waals surface area (Å²) >= 11 is 0. The Balaban J connectivity index is 1.67. The molecule has 4 rings (SSSR count). The number of hydrogen-bond acceptors (Lipinski definition) is 5. The van der Waals surface area contributed by atoms with E-state index in [1.165, 1.54) is 0 Å². The van der Waals surface area contributed by atoms with E-state index < -0.39 is 0 Å². The summed E-state index contributed by atoms with van der Waals surface area (Å²) < 4.78 is 5.77. The number of nitrogens with zero attached hydrogens (tertiary/aromatic N) is 4. The van der Waals surface area contributed by atoms with Crippen LogP contribution in [-0.4, -0.2) is 30.8 Å². The average Bonchev–Trinajstić information content (AvgIpc) is 3.18. The van der Waals surface area contributed by atoms with Crippen molar-refractivity contribution in [3.8, 4) is 11.5 Å². The van der Waals surface area contributed by atoms with Gasteiger partial charge in [0.25, 0.3) is 0 Å². The van der Waals surface area contributed by atoms with Crippen molar-refractivity contribution in [3.63, 3.8) is 0 Å². The van der Waals surface area contributed by atoms with Gasteiger partial charge in [0, 0.05) is 11.1 Å². The summed E-state index contributed by atoms with van der Waals surface area (Å²) in [4.78, 5) is 0. The lowest BCUT2D eigenvalue weighted by Crippen LogP contribution is -1.91. The minimum absolute atomic E-state index is 0.545. The molecule has 20 heavy (non-hydrogen) atoms. The third kappa shape index (κ3) is 1.85. The quantitative estimate of drug-likeness (QED) is 0.590. The first-order valence-corrected chi connectivity index (χ1v) is 6.14. The van der Waals surface area contributed by atoms with Crippen molar-refractivity contribution < 1.29 is 4.42 Å². The Kier molecular flexibility index (Phi) is 2.35. The first-order chi connectivity index (χ1) is 9.88. The molecule has 2 N–H and O–H groups in total. The Labute approximate surface area is 113 Å². The van der Waals surface area contributed by atoms with E-state index in [0.29, 0.717) is 12.2 Å². The molecule has 3 aromatic heterocycles. The second-order valence-corrected chi connectivity index (χ2v) is 4.43. The largest absolute Gasteiger partial charge is 0.454 e. The van der Waals surface area contributed by atoms with Crippen molar-refractivity contribution in [1.82, 2.24) is 30.8 Å². The molecule has 0 fully saturated rings. The van der Waals surface area contributed by atoms with Crippen LogP contribution >= 0.6 is 0 Å².